The highest BCUT2D eigenvalue weighted by Crippen LogP contribution is 2.19. The molecule has 0 bridgehead atoms. The lowest BCUT2D eigenvalue weighted by Crippen LogP contribution is -2.28. The summed E-state index contributed by atoms with van der Waals surface area (Å²) < 4.78 is 26.8. The Kier molecular flexibility index (Phi) is 6.58. The molecule has 2 aromatic carbocycles. The van der Waals surface area contributed by atoms with Gasteiger partial charge < -0.3 is 10.6 Å². The number of anilines is 1. The monoisotopic (exact) mass is 410 g/mol. The van der Waals surface area contributed by atoms with Crippen LogP contribution in [0, 0.1) is 0 Å². The summed E-state index contributed by atoms with van der Waals surface area (Å²) in [5, 5.41) is 5.40. The molecule has 2 N–H and O–H groups in total. The second-order valence-electron chi connectivity index (χ2n) is 6.44. The number of aromatic nitrogens is 1. The number of hydrogen-bond donors (Lipinski definition) is 2. The van der Waals surface area contributed by atoms with Crippen LogP contribution in [0.2, 0.25) is 0 Å². The molecule has 1 aromatic heterocycles. The second kappa shape index (κ2) is 9.31. The number of urea groups is 1. The Labute approximate surface area is 170 Å². The van der Waals surface area contributed by atoms with Crippen molar-refractivity contribution in [2.24, 2.45) is 0 Å². The molecule has 0 fully saturated rings. The number of sulfonamides is 1. The number of nitrogens with zero attached hydrogens (tertiary/aromatic N) is 2. The summed E-state index contributed by atoms with van der Waals surface area (Å²) in [5.74, 6) is 0. The van der Waals surface area contributed by atoms with Crippen LogP contribution in [-0.4, -0.2) is 30.8 Å². The Balaban J connectivity index is 1.59. The Morgan fingerprint density at radius 1 is 0.966 bits per heavy atom. The molecule has 8 heteroatoms. The predicted molar refractivity (Wildman–Crippen MR) is 112 cm³/mol. The van der Waals surface area contributed by atoms with E-state index in [-0.39, 0.29) is 17.5 Å². The Morgan fingerprint density at radius 2 is 1.66 bits per heavy atom. The molecule has 0 radical (unpaired) electrons. The Morgan fingerprint density at radius 3 is 2.31 bits per heavy atom. The molecular weight excluding hydrogens is 388 g/mol. The maximum absolute atomic E-state index is 12.7. The van der Waals surface area contributed by atoms with Gasteiger partial charge in [-0.3, -0.25) is 4.98 Å². The molecule has 0 aliphatic heterocycles. The standard InChI is InChI=1S/C21H22N4O3S/c1-25(16-17-6-3-2-4-7-17)29(27,28)20-11-9-19(10-12-20)24-21(26)23-15-18-8-5-13-22-14-18/h2-14H,15-16H2,1H3,(H2,23,24,26). The minimum atomic E-state index is -3.63. The Bertz CT molecular complexity index is 1040. The highest BCUT2D eigenvalue weighted by molar-refractivity contribution is 7.89. The zero-order valence-electron chi connectivity index (χ0n) is 15.9. The van der Waals surface area contributed by atoms with Crippen LogP contribution in [0.4, 0.5) is 10.5 Å². The fourth-order valence-electron chi connectivity index (χ4n) is 2.68. The summed E-state index contributed by atoms with van der Waals surface area (Å²) >= 11 is 0. The molecule has 0 atom stereocenters. The predicted octanol–water partition coefficient (Wildman–Crippen LogP) is 3.22. The number of nitrogens with one attached hydrogen (secondary N) is 2. The van der Waals surface area contributed by atoms with Gasteiger partial charge in [-0.1, -0.05) is 36.4 Å². The maximum Gasteiger partial charge on any atom is 0.319 e. The highest BCUT2D eigenvalue weighted by Gasteiger charge is 2.20. The van der Waals surface area contributed by atoms with Crippen molar-refractivity contribution >= 4 is 21.7 Å². The fraction of sp³-hybridized carbons (Fsp3) is 0.143. The molecule has 0 aliphatic rings. The van der Waals surface area contributed by atoms with Crippen molar-refractivity contribution in [3.63, 3.8) is 0 Å². The first-order valence-electron chi connectivity index (χ1n) is 8.99. The topological polar surface area (TPSA) is 91.4 Å². The summed E-state index contributed by atoms with van der Waals surface area (Å²) in [6.45, 7) is 0.621. The molecule has 150 valence electrons. The molecular formula is C21H22N4O3S. The number of carbonyl (C=O) groups excluding carboxylic acids is 1. The summed E-state index contributed by atoms with van der Waals surface area (Å²) in [5.41, 5.74) is 2.28. The SMILES string of the molecule is CN(Cc1ccccc1)S(=O)(=O)c1ccc(NC(=O)NCc2cccnc2)cc1. The van der Waals surface area contributed by atoms with Crippen LogP contribution in [0.5, 0.6) is 0 Å². The van der Waals surface area contributed by atoms with E-state index in [0.717, 1.165) is 11.1 Å². The van der Waals surface area contributed by atoms with Crippen LogP contribution in [0.3, 0.4) is 0 Å². The van der Waals surface area contributed by atoms with Crippen molar-refractivity contribution < 1.29 is 13.2 Å². The molecule has 0 saturated heterocycles. The van der Waals surface area contributed by atoms with E-state index in [1.807, 2.05) is 36.4 Å². The van der Waals surface area contributed by atoms with Crippen molar-refractivity contribution in [3.05, 3.63) is 90.3 Å². The van der Waals surface area contributed by atoms with Crippen molar-refractivity contribution in [2.75, 3.05) is 12.4 Å². The largest absolute Gasteiger partial charge is 0.334 e. The van der Waals surface area contributed by atoms with Gasteiger partial charge in [0, 0.05) is 38.2 Å². The van der Waals surface area contributed by atoms with E-state index in [4.69, 9.17) is 0 Å². The van der Waals surface area contributed by atoms with Crippen LogP contribution in [0.1, 0.15) is 11.1 Å². The first-order valence-corrected chi connectivity index (χ1v) is 10.4. The highest BCUT2D eigenvalue weighted by atomic mass is 32.2. The minimum absolute atomic E-state index is 0.164. The van der Waals surface area contributed by atoms with Gasteiger partial charge in [0.1, 0.15) is 0 Å². The maximum atomic E-state index is 12.7. The minimum Gasteiger partial charge on any atom is -0.334 e. The fourth-order valence-corrected chi connectivity index (χ4v) is 3.83. The first kappa shape index (κ1) is 20.5. The van der Waals surface area contributed by atoms with Gasteiger partial charge in [0.05, 0.1) is 4.90 Å². The van der Waals surface area contributed by atoms with Gasteiger partial charge in [-0.15, -0.1) is 0 Å². The van der Waals surface area contributed by atoms with Gasteiger partial charge in [-0.25, -0.2) is 13.2 Å². The van der Waals surface area contributed by atoms with E-state index in [1.54, 1.807) is 37.6 Å². The van der Waals surface area contributed by atoms with Gasteiger partial charge in [0.15, 0.2) is 0 Å². The lowest BCUT2D eigenvalue weighted by Gasteiger charge is -2.17. The third-order valence-electron chi connectivity index (χ3n) is 4.24. The third kappa shape index (κ3) is 5.63. The van der Waals surface area contributed by atoms with Crippen LogP contribution in [-0.2, 0) is 23.1 Å². The number of hydrogen-bond acceptors (Lipinski definition) is 4. The van der Waals surface area contributed by atoms with Gasteiger partial charge >= 0.3 is 6.03 Å². The molecule has 3 aromatic rings. The molecule has 3 rings (SSSR count). The average Bonchev–Trinajstić information content (AvgIpc) is 2.74. The van der Waals surface area contributed by atoms with E-state index in [9.17, 15) is 13.2 Å². The van der Waals surface area contributed by atoms with E-state index >= 15 is 0 Å². The molecule has 0 saturated carbocycles. The molecule has 7 nitrogen and oxygen atoms in total. The third-order valence-corrected chi connectivity index (χ3v) is 6.06. The smallest absolute Gasteiger partial charge is 0.319 e. The lowest BCUT2D eigenvalue weighted by molar-refractivity contribution is 0.251. The van der Waals surface area contributed by atoms with Gasteiger partial charge in [0.2, 0.25) is 10.0 Å². The van der Waals surface area contributed by atoms with E-state index in [0.29, 0.717) is 12.2 Å². The summed E-state index contributed by atoms with van der Waals surface area (Å²) in [4.78, 5) is 16.2. The Hall–Kier alpha value is -3.23. The normalized spacial score (nSPS) is 11.2. The zero-order chi connectivity index (χ0) is 20.7. The summed E-state index contributed by atoms with van der Waals surface area (Å²) in [7, 11) is -2.09. The molecule has 0 unspecified atom stereocenters. The molecule has 2 amide bonds. The van der Waals surface area contributed by atoms with Crippen LogP contribution >= 0.6 is 0 Å². The van der Waals surface area contributed by atoms with E-state index in [2.05, 4.69) is 15.6 Å². The number of rotatable bonds is 7. The van der Waals surface area contributed by atoms with Crippen molar-refractivity contribution in [1.29, 1.82) is 0 Å². The quantitative estimate of drug-likeness (QED) is 0.626. The van der Waals surface area contributed by atoms with Crippen molar-refractivity contribution in [1.82, 2.24) is 14.6 Å². The van der Waals surface area contributed by atoms with Crippen molar-refractivity contribution in [2.45, 2.75) is 18.0 Å². The average molecular weight is 410 g/mol. The zero-order valence-corrected chi connectivity index (χ0v) is 16.8. The molecule has 1 heterocycles. The number of pyridine rings is 1. The van der Waals surface area contributed by atoms with Gasteiger partial charge in [-0.05, 0) is 41.5 Å². The number of carbonyl (C=O) groups is 1. The second-order valence-corrected chi connectivity index (χ2v) is 8.48. The molecule has 0 spiro atoms. The number of benzene rings is 2. The lowest BCUT2D eigenvalue weighted by atomic mass is 10.2. The molecule has 0 aliphatic carbocycles. The summed E-state index contributed by atoms with van der Waals surface area (Å²) in [6.07, 6.45) is 3.34. The first-order chi connectivity index (χ1) is 13.9. The number of amides is 2. The van der Waals surface area contributed by atoms with Crippen molar-refractivity contribution in [3.8, 4) is 0 Å². The van der Waals surface area contributed by atoms with Crippen LogP contribution < -0.4 is 10.6 Å². The van der Waals surface area contributed by atoms with Gasteiger partial charge in [-0.2, -0.15) is 4.31 Å². The van der Waals surface area contributed by atoms with Gasteiger partial charge in [0.25, 0.3) is 0 Å². The van der Waals surface area contributed by atoms with E-state index in [1.165, 1.54) is 16.4 Å². The van der Waals surface area contributed by atoms with Crippen LogP contribution in [0.25, 0.3) is 0 Å². The molecule has 29 heavy (non-hydrogen) atoms. The van der Waals surface area contributed by atoms with Crippen LogP contribution in [0.15, 0.2) is 84.0 Å². The summed E-state index contributed by atoms with van der Waals surface area (Å²) in [6, 6.07) is 18.7. The van der Waals surface area contributed by atoms with E-state index < -0.39 is 10.0 Å².